The van der Waals surface area contributed by atoms with Crippen LogP contribution in [0.4, 0.5) is 5.69 Å². The number of carbonyl (C=O) groups is 4. The number of hydrogen-bond donors (Lipinski definition) is 2. The molecule has 2 atom stereocenters. The van der Waals surface area contributed by atoms with E-state index in [2.05, 4.69) is 10.2 Å². The zero-order valence-corrected chi connectivity index (χ0v) is 13.5. The number of amides is 4. The first-order valence-corrected chi connectivity index (χ1v) is 8.32. The minimum absolute atomic E-state index is 0.102. The summed E-state index contributed by atoms with van der Waals surface area (Å²) in [6.45, 7) is 1.51. The van der Waals surface area contributed by atoms with Crippen LogP contribution in [0.5, 0.6) is 0 Å². The molecule has 1 aromatic rings. The van der Waals surface area contributed by atoms with Crippen molar-refractivity contribution in [2.75, 3.05) is 18.0 Å². The minimum atomic E-state index is -0.936. The van der Waals surface area contributed by atoms with Gasteiger partial charge in [0.2, 0.25) is 11.8 Å². The maximum atomic E-state index is 12.8. The maximum Gasteiger partial charge on any atom is 0.262 e. The maximum absolute atomic E-state index is 12.8. The number of nitrogens with one attached hydrogen (secondary N) is 1. The van der Waals surface area contributed by atoms with E-state index in [1.807, 2.05) is 0 Å². The van der Waals surface area contributed by atoms with Gasteiger partial charge in [-0.25, -0.2) is 0 Å². The Hall–Kier alpha value is -2.74. The third kappa shape index (κ3) is 2.49. The third-order valence-electron chi connectivity index (χ3n) is 5.01. The van der Waals surface area contributed by atoms with Gasteiger partial charge in [-0.05, 0) is 31.0 Å². The zero-order chi connectivity index (χ0) is 17.7. The van der Waals surface area contributed by atoms with E-state index < -0.39 is 23.8 Å². The molecule has 0 saturated carbocycles. The minimum Gasteiger partial charge on any atom is -0.370 e. The fourth-order valence-electron chi connectivity index (χ4n) is 3.68. The quantitative estimate of drug-likeness (QED) is 0.709. The largest absolute Gasteiger partial charge is 0.370 e. The normalized spacial score (nSPS) is 26.3. The van der Waals surface area contributed by atoms with E-state index >= 15 is 0 Å². The van der Waals surface area contributed by atoms with Gasteiger partial charge in [0.25, 0.3) is 11.8 Å². The van der Waals surface area contributed by atoms with Crippen molar-refractivity contribution in [1.29, 1.82) is 0 Å². The van der Waals surface area contributed by atoms with Crippen LogP contribution in [0.2, 0.25) is 0 Å². The molecule has 0 radical (unpaired) electrons. The molecule has 130 valence electrons. The smallest absolute Gasteiger partial charge is 0.262 e. The van der Waals surface area contributed by atoms with Crippen LogP contribution in [0.15, 0.2) is 18.2 Å². The summed E-state index contributed by atoms with van der Waals surface area (Å²) in [5.41, 5.74) is 7.37. The van der Waals surface area contributed by atoms with Crippen molar-refractivity contribution in [1.82, 2.24) is 10.2 Å². The molecule has 4 rings (SSSR count). The van der Waals surface area contributed by atoms with E-state index in [-0.39, 0.29) is 24.8 Å². The summed E-state index contributed by atoms with van der Waals surface area (Å²) in [7, 11) is 0. The lowest BCUT2D eigenvalue weighted by Gasteiger charge is -2.27. The number of fused-ring (bicyclic) bond motifs is 1. The Morgan fingerprint density at radius 1 is 1.04 bits per heavy atom. The number of benzene rings is 1. The Morgan fingerprint density at radius 2 is 1.80 bits per heavy atom. The Bertz CT molecular complexity index is 806. The molecule has 3 aliphatic heterocycles. The fraction of sp³-hybridized carbons (Fsp3) is 0.412. The number of carbonyl (C=O) groups excluding carboxylic acids is 4. The molecule has 25 heavy (non-hydrogen) atoms. The van der Waals surface area contributed by atoms with Crippen molar-refractivity contribution < 1.29 is 19.2 Å². The number of imide groups is 2. The van der Waals surface area contributed by atoms with Crippen molar-refractivity contribution in [3.05, 3.63) is 29.3 Å². The highest BCUT2D eigenvalue weighted by Gasteiger charge is 2.44. The van der Waals surface area contributed by atoms with Crippen LogP contribution in [-0.2, 0) is 9.59 Å². The molecule has 3 N–H and O–H groups in total. The fourth-order valence-corrected chi connectivity index (χ4v) is 3.68. The summed E-state index contributed by atoms with van der Waals surface area (Å²) in [6.07, 6.45) is 1.15. The standard InChI is InChI=1S/C17H18N4O4/c18-9-5-6-20(8-9)10-1-2-11-12(7-10)17(25)21(16(11)24)13-3-4-14(22)19-15(13)23/h1-2,7,9,13H,3-6,8,18H2,(H,19,22,23)/t9-,13?/m0/s1. The second-order valence-electron chi connectivity index (χ2n) is 6.67. The van der Waals surface area contributed by atoms with Gasteiger partial charge in [-0.3, -0.25) is 29.4 Å². The van der Waals surface area contributed by atoms with Gasteiger partial charge in [0, 0.05) is 31.2 Å². The first-order valence-electron chi connectivity index (χ1n) is 8.32. The predicted molar refractivity (Wildman–Crippen MR) is 87.9 cm³/mol. The lowest BCUT2D eigenvalue weighted by Crippen LogP contribution is -2.54. The molecule has 2 fully saturated rings. The van der Waals surface area contributed by atoms with Crippen molar-refractivity contribution in [3.8, 4) is 0 Å². The molecular formula is C17H18N4O4. The van der Waals surface area contributed by atoms with E-state index in [1.54, 1.807) is 18.2 Å². The summed E-state index contributed by atoms with van der Waals surface area (Å²) in [5.74, 6) is -1.96. The first-order chi connectivity index (χ1) is 12.0. The molecule has 1 aromatic carbocycles. The average molecular weight is 342 g/mol. The van der Waals surface area contributed by atoms with Crippen LogP contribution in [0.25, 0.3) is 0 Å². The molecule has 8 nitrogen and oxygen atoms in total. The van der Waals surface area contributed by atoms with Crippen molar-refractivity contribution in [2.45, 2.75) is 31.3 Å². The number of piperidine rings is 1. The lowest BCUT2D eigenvalue weighted by atomic mass is 10.0. The van der Waals surface area contributed by atoms with E-state index in [9.17, 15) is 19.2 Å². The lowest BCUT2D eigenvalue weighted by molar-refractivity contribution is -0.136. The molecule has 0 bridgehead atoms. The van der Waals surface area contributed by atoms with Crippen LogP contribution in [0, 0.1) is 0 Å². The predicted octanol–water partition coefficient (Wildman–Crippen LogP) is -0.375. The van der Waals surface area contributed by atoms with E-state index in [0.29, 0.717) is 17.7 Å². The Morgan fingerprint density at radius 3 is 2.48 bits per heavy atom. The zero-order valence-electron chi connectivity index (χ0n) is 13.5. The summed E-state index contributed by atoms with van der Waals surface area (Å²) >= 11 is 0. The molecule has 0 aromatic heterocycles. The van der Waals surface area contributed by atoms with Gasteiger partial charge < -0.3 is 10.6 Å². The monoisotopic (exact) mass is 342 g/mol. The second-order valence-corrected chi connectivity index (χ2v) is 6.67. The topological polar surface area (TPSA) is 113 Å². The van der Waals surface area contributed by atoms with Crippen molar-refractivity contribution in [3.63, 3.8) is 0 Å². The van der Waals surface area contributed by atoms with Crippen LogP contribution in [0.3, 0.4) is 0 Å². The molecule has 4 amide bonds. The van der Waals surface area contributed by atoms with Gasteiger partial charge >= 0.3 is 0 Å². The highest BCUT2D eigenvalue weighted by Crippen LogP contribution is 2.31. The first kappa shape index (κ1) is 15.8. The number of nitrogens with two attached hydrogens (primary N) is 1. The van der Waals surface area contributed by atoms with E-state index in [0.717, 1.165) is 23.6 Å². The third-order valence-corrected chi connectivity index (χ3v) is 5.01. The van der Waals surface area contributed by atoms with Crippen LogP contribution in [-0.4, -0.2) is 53.7 Å². The summed E-state index contributed by atoms with van der Waals surface area (Å²) in [6, 6.07) is 4.29. The van der Waals surface area contributed by atoms with Crippen molar-refractivity contribution >= 4 is 29.3 Å². The molecule has 0 aliphatic carbocycles. The van der Waals surface area contributed by atoms with Crippen LogP contribution < -0.4 is 16.0 Å². The Balaban J connectivity index is 1.63. The second kappa shape index (κ2) is 5.66. The van der Waals surface area contributed by atoms with Gasteiger partial charge in [0.1, 0.15) is 6.04 Å². The molecule has 3 heterocycles. The summed E-state index contributed by atoms with van der Waals surface area (Å²) in [5, 5.41) is 2.19. The SMILES string of the molecule is N[C@H]1CCN(c2ccc3c(c2)C(=O)N(C2CCC(=O)NC2=O)C3=O)C1. The number of hydrogen-bond acceptors (Lipinski definition) is 6. The summed E-state index contributed by atoms with van der Waals surface area (Å²) in [4.78, 5) is 51.8. The van der Waals surface area contributed by atoms with Gasteiger partial charge in [0.15, 0.2) is 0 Å². The molecular weight excluding hydrogens is 324 g/mol. The van der Waals surface area contributed by atoms with Gasteiger partial charge in [-0.15, -0.1) is 0 Å². The highest BCUT2D eigenvalue weighted by atomic mass is 16.2. The van der Waals surface area contributed by atoms with Crippen LogP contribution in [0.1, 0.15) is 40.0 Å². The number of nitrogens with zero attached hydrogens (tertiary/aromatic N) is 2. The molecule has 1 unspecified atom stereocenters. The molecule has 2 saturated heterocycles. The Labute approximate surface area is 143 Å². The van der Waals surface area contributed by atoms with Gasteiger partial charge in [-0.1, -0.05) is 0 Å². The van der Waals surface area contributed by atoms with Crippen molar-refractivity contribution in [2.24, 2.45) is 5.73 Å². The molecule has 0 spiro atoms. The Kier molecular flexibility index (Phi) is 3.57. The number of rotatable bonds is 2. The van der Waals surface area contributed by atoms with E-state index in [1.165, 1.54) is 0 Å². The highest BCUT2D eigenvalue weighted by molar-refractivity contribution is 6.23. The summed E-state index contributed by atoms with van der Waals surface area (Å²) < 4.78 is 0. The van der Waals surface area contributed by atoms with Gasteiger partial charge in [0.05, 0.1) is 11.1 Å². The molecule has 8 heteroatoms. The van der Waals surface area contributed by atoms with Gasteiger partial charge in [-0.2, -0.15) is 0 Å². The van der Waals surface area contributed by atoms with Crippen LogP contribution >= 0.6 is 0 Å². The average Bonchev–Trinajstić information content (AvgIpc) is 3.11. The number of anilines is 1. The molecule has 3 aliphatic rings. The van der Waals surface area contributed by atoms with E-state index in [4.69, 9.17) is 5.73 Å².